The second-order valence-electron chi connectivity index (χ2n) is 3.97. The fourth-order valence-corrected chi connectivity index (χ4v) is 1.76. The molecular formula is C11H13N3O3. The number of ether oxygens (including phenoxy) is 1. The van der Waals surface area contributed by atoms with Gasteiger partial charge in [0.1, 0.15) is 5.60 Å². The van der Waals surface area contributed by atoms with Gasteiger partial charge in [-0.15, -0.1) is 0 Å². The highest BCUT2D eigenvalue weighted by atomic mass is 16.6. The monoisotopic (exact) mass is 235 g/mol. The Labute approximate surface area is 97.9 Å². The number of nitrogens with one attached hydrogen (secondary N) is 1. The summed E-state index contributed by atoms with van der Waals surface area (Å²) < 4.78 is 5.08. The fourth-order valence-electron chi connectivity index (χ4n) is 1.76. The van der Waals surface area contributed by atoms with Crippen molar-refractivity contribution in [2.75, 3.05) is 0 Å². The van der Waals surface area contributed by atoms with E-state index in [1.54, 1.807) is 24.3 Å². The summed E-state index contributed by atoms with van der Waals surface area (Å²) in [6.07, 6.45) is 0.711. The first-order valence-electron chi connectivity index (χ1n) is 5.17. The lowest BCUT2D eigenvalue weighted by atomic mass is 10.1. The van der Waals surface area contributed by atoms with Crippen LogP contribution in [0.1, 0.15) is 28.8 Å². The summed E-state index contributed by atoms with van der Waals surface area (Å²) in [7, 11) is 0. The third kappa shape index (κ3) is 2.21. The Bertz CT molecular complexity index is 452. The molecule has 6 heteroatoms. The summed E-state index contributed by atoms with van der Waals surface area (Å²) in [4.78, 5) is 22.0. The third-order valence-electron chi connectivity index (χ3n) is 2.80. The zero-order valence-electron chi connectivity index (χ0n) is 9.10. The van der Waals surface area contributed by atoms with Crippen LogP contribution in [0.25, 0.3) is 0 Å². The minimum atomic E-state index is -0.786. The quantitative estimate of drug-likeness (QED) is 0.399. The summed E-state index contributed by atoms with van der Waals surface area (Å²) in [6.45, 7) is 0. The summed E-state index contributed by atoms with van der Waals surface area (Å²) in [5.74, 6) is 4.66. The van der Waals surface area contributed by atoms with Crippen LogP contribution in [0.3, 0.4) is 0 Å². The standard InChI is InChI=1S/C11H13N3O3/c12-10(16)17-11(5-6-11)8-3-1-7(2-4-8)9(15)14-13/h1-4H,5-6,13H2,(H2,12,16)(H,14,15). The highest BCUT2D eigenvalue weighted by Crippen LogP contribution is 2.49. The molecule has 0 aromatic heterocycles. The molecule has 0 bridgehead atoms. The van der Waals surface area contributed by atoms with Crippen LogP contribution in [0.2, 0.25) is 0 Å². The normalized spacial score (nSPS) is 16.1. The van der Waals surface area contributed by atoms with Crippen molar-refractivity contribution in [2.45, 2.75) is 18.4 Å². The smallest absolute Gasteiger partial charge is 0.405 e. The number of primary amides is 1. The number of nitrogens with two attached hydrogens (primary N) is 2. The first-order valence-corrected chi connectivity index (χ1v) is 5.17. The van der Waals surface area contributed by atoms with E-state index in [1.165, 1.54) is 0 Å². The van der Waals surface area contributed by atoms with Crippen molar-refractivity contribution in [2.24, 2.45) is 11.6 Å². The average molecular weight is 235 g/mol. The second kappa shape index (κ2) is 4.06. The summed E-state index contributed by atoms with van der Waals surface area (Å²) in [5, 5.41) is 0. The molecule has 17 heavy (non-hydrogen) atoms. The zero-order valence-corrected chi connectivity index (χ0v) is 9.10. The molecule has 1 aliphatic carbocycles. The Morgan fingerprint density at radius 1 is 1.24 bits per heavy atom. The van der Waals surface area contributed by atoms with Gasteiger partial charge < -0.3 is 10.5 Å². The molecule has 0 unspecified atom stereocenters. The molecule has 0 heterocycles. The van der Waals surface area contributed by atoms with Crippen LogP contribution in [0, 0.1) is 0 Å². The van der Waals surface area contributed by atoms with Gasteiger partial charge in [0.25, 0.3) is 5.91 Å². The van der Waals surface area contributed by atoms with Crippen molar-refractivity contribution in [3.8, 4) is 0 Å². The molecule has 6 nitrogen and oxygen atoms in total. The third-order valence-corrected chi connectivity index (χ3v) is 2.80. The number of hydrogen-bond acceptors (Lipinski definition) is 4. The molecule has 2 amide bonds. The van der Waals surface area contributed by atoms with Crippen molar-refractivity contribution in [3.63, 3.8) is 0 Å². The molecule has 1 fully saturated rings. The van der Waals surface area contributed by atoms with Crippen LogP contribution < -0.4 is 17.0 Å². The van der Waals surface area contributed by atoms with Crippen molar-refractivity contribution < 1.29 is 14.3 Å². The van der Waals surface area contributed by atoms with E-state index in [0.717, 1.165) is 18.4 Å². The van der Waals surface area contributed by atoms with Gasteiger partial charge in [-0.1, -0.05) is 12.1 Å². The van der Waals surface area contributed by atoms with Crippen LogP contribution in [0.15, 0.2) is 24.3 Å². The van der Waals surface area contributed by atoms with E-state index in [1.807, 2.05) is 5.43 Å². The van der Waals surface area contributed by atoms with E-state index in [-0.39, 0.29) is 5.91 Å². The Balaban J connectivity index is 2.18. The highest BCUT2D eigenvalue weighted by molar-refractivity contribution is 5.93. The van der Waals surface area contributed by atoms with Crippen LogP contribution in [-0.4, -0.2) is 12.0 Å². The average Bonchev–Trinajstić information content (AvgIpc) is 3.08. The Morgan fingerprint density at radius 2 is 1.82 bits per heavy atom. The SMILES string of the molecule is NNC(=O)c1ccc(C2(OC(N)=O)CC2)cc1. The topological polar surface area (TPSA) is 107 Å². The molecule has 90 valence electrons. The van der Waals surface area contributed by atoms with Crippen molar-refractivity contribution in [1.82, 2.24) is 5.43 Å². The molecule has 0 atom stereocenters. The summed E-state index contributed by atoms with van der Waals surface area (Å²) in [5.41, 5.74) is 7.75. The van der Waals surface area contributed by atoms with Gasteiger partial charge in [-0.25, -0.2) is 10.6 Å². The first-order chi connectivity index (χ1) is 8.07. The lowest BCUT2D eigenvalue weighted by molar-refractivity contribution is 0.0894. The largest absolute Gasteiger partial charge is 0.438 e. The maximum atomic E-state index is 11.2. The van der Waals surface area contributed by atoms with Gasteiger partial charge in [-0.05, 0) is 30.5 Å². The highest BCUT2D eigenvalue weighted by Gasteiger charge is 2.48. The number of carbonyl (C=O) groups is 2. The van der Waals surface area contributed by atoms with E-state index < -0.39 is 11.7 Å². The molecule has 1 saturated carbocycles. The van der Waals surface area contributed by atoms with E-state index in [9.17, 15) is 9.59 Å². The molecular weight excluding hydrogens is 222 g/mol. The number of nitrogen functional groups attached to an aromatic ring is 1. The van der Waals surface area contributed by atoms with Crippen LogP contribution in [0.4, 0.5) is 4.79 Å². The molecule has 0 spiro atoms. The maximum absolute atomic E-state index is 11.2. The number of hydrazine groups is 1. The number of benzene rings is 1. The number of amides is 2. The maximum Gasteiger partial charge on any atom is 0.405 e. The van der Waals surface area contributed by atoms with Gasteiger partial charge in [0.2, 0.25) is 0 Å². The Hall–Kier alpha value is -2.08. The number of hydrogen-bond donors (Lipinski definition) is 3. The molecule has 0 aliphatic heterocycles. The second-order valence-corrected chi connectivity index (χ2v) is 3.97. The summed E-state index contributed by atoms with van der Waals surface area (Å²) in [6, 6.07) is 6.73. The lowest BCUT2D eigenvalue weighted by Gasteiger charge is -2.15. The minimum absolute atomic E-state index is 0.364. The van der Waals surface area contributed by atoms with Crippen molar-refractivity contribution >= 4 is 12.0 Å². The van der Waals surface area contributed by atoms with Gasteiger partial charge in [0, 0.05) is 5.56 Å². The van der Waals surface area contributed by atoms with Gasteiger partial charge >= 0.3 is 6.09 Å². The lowest BCUT2D eigenvalue weighted by Crippen LogP contribution is -2.30. The van der Waals surface area contributed by atoms with Gasteiger partial charge in [-0.3, -0.25) is 10.2 Å². The predicted octanol–water partition coefficient (Wildman–Crippen LogP) is 0.374. The fraction of sp³-hybridized carbons (Fsp3) is 0.273. The van der Waals surface area contributed by atoms with E-state index in [4.69, 9.17) is 16.3 Å². The van der Waals surface area contributed by atoms with Gasteiger partial charge in [0.05, 0.1) is 0 Å². The zero-order chi connectivity index (χ0) is 12.5. The molecule has 0 radical (unpaired) electrons. The molecule has 0 saturated heterocycles. The molecule has 1 aromatic rings. The van der Waals surface area contributed by atoms with Crippen LogP contribution >= 0.6 is 0 Å². The van der Waals surface area contributed by atoms with E-state index in [2.05, 4.69) is 0 Å². The summed E-state index contributed by atoms with van der Waals surface area (Å²) >= 11 is 0. The predicted molar refractivity (Wildman–Crippen MR) is 59.7 cm³/mol. The number of carbonyl (C=O) groups excluding carboxylic acids is 2. The first kappa shape index (κ1) is 11.4. The van der Waals surface area contributed by atoms with E-state index >= 15 is 0 Å². The van der Waals surface area contributed by atoms with Gasteiger partial charge in [-0.2, -0.15) is 0 Å². The Morgan fingerprint density at radius 3 is 2.24 bits per heavy atom. The number of rotatable bonds is 3. The molecule has 1 aromatic carbocycles. The van der Waals surface area contributed by atoms with Crippen LogP contribution in [-0.2, 0) is 10.3 Å². The Kier molecular flexibility index (Phi) is 2.72. The van der Waals surface area contributed by atoms with Crippen LogP contribution in [0.5, 0.6) is 0 Å². The molecule has 1 aliphatic rings. The molecule has 2 rings (SSSR count). The van der Waals surface area contributed by atoms with E-state index in [0.29, 0.717) is 5.56 Å². The van der Waals surface area contributed by atoms with Crippen molar-refractivity contribution in [1.29, 1.82) is 0 Å². The minimum Gasteiger partial charge on any atom is -0.438 e. The molecule has 5 N–H and O–H groups in total. The van der Waals surface area contributed by atoms with Gasteiger partial charge in [0.15, 0.2) is 0 Å². The van der Waals surface area contributed by atoms with Crippen molar-refractivity contribution in [3.05, 3.63) is 35.4 Å².